The first-order chi connectivity index (χ1) is 12.5. The van der Waals surface area contributed by atoms with Gasteiger partial charge < -0.3 is 29.5 Å². The lowest BCUT2D eigenvalue weighted by molar-refractivity contribution is -0.136. The van der Waals surface area contributed by atoms with Crippen LogP contribution in [0.5, 0.6) is 11.5 Å². The molecule has 1 aliphatic rings. The molecule has 1 heterocycles. The van der Waals surface area contributed by atoms with Gasteiger partial charge in [0.2, 0.25) is 0 Å². The summed E-state index contributed by atoms with van der Waals surface area (Å²) >= 11 is 0. The zero-order chi connectivity index (χ0) is 19.3. The number of hydrogen-bond donors (Lipinski definition) is 2. The van der Waals surface area contributed by atoms with Gasteiger partial charge in [-0.2, -0.15) is 5.26 Å². The summed E-state index contributed by atoms with van der Waals surface area (Å²) in [4.78, 5) is 25.9. The second kappa shape index (κ2) is 8.22. The molecule has 0 atom stereocenters. The van der Waals surface area contributed by atoms with Crippen molar-refractivity contribution in [3.8, 4) is 17.6 Å². The van der Waals surface area contributed by atoms with Gasteiger partial charge in [-0.3, -0.25) is 4.79 Å². The summed E-state index contributed by atoms with van der Waals surface area (Å²) in [6.07, 6.45) is 0. The first-order valence-corrected chi connectivity index (χ1v) is 7.65. The number of nitriles is 1. The van der Waals surface area contributed by atoms with Gasteiger partial charge >= 0.3 is 5.97 Å². The van der Waals surface area contributed by atoms with Gasteiger partial charge in [0.25, 0.3) is 5.91 Å². The fourth-order valence-corrected chi connectivity index (χ4v) is 2.56. The number of hydrogen-bond acceptors (Lipinski definition) is 8. The van der Waals surface area contributed by atoms with E-state index in [1.165, 1.54) is 38.4 Å². The van der Waals surface area contributed by atoms with Crippen molar-refractivity contribution in [3.63, 3.8) is 0 Å². The summed E-state index contributed by atoms with van der Waals surface area (Å²) in [5.41, 5.74) is 0.590. The number of esters is 1. The van der Waals surface area contributed by atoms with E-state index in [9.17, 15) is 14.9 Å². The lowest BCUT2D eigenvalue weighted by atomic mass is 10.1. The number of amides is 1. The molecule has 9 heteroatoms. The number of benzene rings is 1. The third kappa shape index (κ3) is 3.55. The number of carbonyl (C=O) groups excluding carboxylic acids is 2. The minimum atomic E-state index is -0.666. The van der Waals surface area contributed by atoms with Gasteiger partial charge in [0, 0.05) is 18.7 Å². The molecule has 0 spiro atoms. The van der Waals surface area contributed by atoms with E-state index in [0.29, 0.717) is 11.5 Å². The fourth-order valence-electron chi connectivity index (χ4n) is 2.56. The normalized spacial score (nSPS) is 13.5. The molecule has 0 fully saturated rings. The van der Waals surface area contributed by atoms with Gasteiger partial charge in [-0.1, -0.05) is 0 Å². The Labute approximate surface area is 150 Å². The number of ether oxygens (including phenoxy) is 3. The van der Waals surface area contributed by atoms with Crippen molar-refractivity contribution < 1.29 is 28.9 Å². The largest absolute Gasteiger partial charge is 0.493 e. The third-order valence-corrected chi connectivity index (χ3v) is 3.86. The van der Waals surface area contributed by atoms with Crippen LogP contribution in [0.4, 0.5) is 5.69 Å². The van der Waals surface area contributed by atoms with Gasteiger partial charge in [-0.05, 0) is 0 Å². The van der Waals surface area contributed by atoms with Crippen LogP contribution in [0.3, 0.4) is 0 Å². The molecular formula is C17H19N3O6. The summed E-state index contributed by atoms with van der Waals surface area (Å²) in [6, 6.07) is 4.97. The van der Waals surface area contributed by atoms with Crippen LogP contribution in [0.1, 0.15) is 5.56 Å². The van der Waals surface area contributed by atoms with Crippen LogP contribution in [0.15, 0.2) is 23.4 Å². The average molecular weight is 361 g/mol. The zero-order valence-electron chi connectivity index (χ0n) is 14.7. The Hall–Kier alpha value is -3.25. The summed E-state index contributed by atoms with van der Waals surface area (Å²) in [7, 11) is 4.09. The number of nitrogens with one attached hydrogen (secondary N) is 1. The van der Waals surface area contributed by atoms with E-state index in [1.54, 1.807) is 0 Å². The Bertz CT molecular complexity index is 796. The summed E-state index contributed by atoms with van der Waals surface area (Å²) in [5, 5.41) is 21.3. The number of anilines is 1. The van der Waals surface area contributed by atoms with Crippen molar-refractivity contribution >= 4 is 17.6 Å². The van der Waals surface area contributed by atoms with E-state index >= 15 is 0 Å². The number of aliphatic hydroxyl groups excluding tert-OH is 1. The fraction of sp³-hybridized carbons (Fsp3) is 0.353. The van der Waals surface area contributed by atoms with Crippen LogP contribution in [-0.2, 0) is 14.3 Å². The number of rotatable bonds is 7. The molecule has 138 valence electrons. The highest BCUT2D eigenvalue weighted by Crippen LogP contribution is 2.34. The first-order valence-electron chi connectivity index (χ1n) is 7.65. The predicted molar refractivity (Wildman–Crippen MR) is 90.6 cm³/mol. The van der Waals surface area contributed by atoms with Crippen molar-refractivity contribution in [2.45, 2.75) is 0 Å². The third-order valence-electron chi connectivity index (χ3n) is 3.86. The molecule has 0 bridgehead atoms. The van der Waals surface area contributed by atoms with Crippen LogP contribution >= 0.6 is 0 Å². The highest BCUT2D eigenvalue weighted by molar-refractivity contribution is 6.08. The molecule has 2 rings (SSSR count). The smallest absolute Gasteiger partial charge is 0.337 e. The molecule has 0 aromatic heterocycles. The van der Waals surface area contributed by atoms with Crippen molar-refractivity contribution in [1.82, 2.24) is 4.90 Å². The Balaban J connectivity index is 2.48. The van der Waals surface area contributed by atoms with E-state index in [2.05, 4.69) is 5.32 Å². The number of β-amino-alcohol motifs (C(OH)–C–C–N with tert-alkyl or cyclic N) is 1. The van der Waals surface area contributed by atoms with Crippen LogP contribution in [0.25, 0.3) is 0 Å². The van der Waals surface area contributed by atoms with Crippen molar-refractivity contribution in [1.29, 1.82) is 5.26 Å². The number of nitrogens with zero attached hydrogens (tertiary/aromatic N) is 2. The lowest BCUT2D eigenvalue weighted by Gasteiger charge is -2.16. The monoisotopic (exact) mass is 361 g/mol. The quantitative estimate of drug-likeness (QED) is 0.663. The minimum absolute atomic E-state index is 0.00355. The van der Waals surface area contributed by atoms with E-state index in [4.69, 9.17) is 19.3 Å². The highest BCUT2D eigenvalue weighted by atomic mass is 16.5. The zero-order valence-corrected chi connectivity index (χ0v) is 14.7. The molecule has 0 radical (unpaired) electrons. The molecule has 0 saturated heterocycles. The van der Waals surface area contributed by atoms with Gasteiger partial charge in [0.1, 0.15) is 11.8 Å². The first kappa shape index (κ1) is 19.1. The predicted octanol–water partition coefficient (Wildman–Crippen LogP) is 0.249. The van der Waals surface area contributed by atoms with Gasteiger partial charge in [-0.25, -0.2) is 4.79 Å². The molecule has 1 aromatic carbocycles. The van der Waals surface area contributed by atoms with E-state index in [1.807, 2.05) is 6.07 Å². The molecule has 2 N–H and O–H groups in total. The highest BCUT2D eigenvalue weighted by Gasteiger charge is 2.34. The SMILES string of the molecule is COC(=O)C1=C(Nc2cc(OC)c(OC)cc2C#N)C(=O)N(CCO)C1. The molecule has 0 unspecified atom stereocenters. The van der Waals surface area contributed by atoms with Crippen LogP contribution in [0.2, 0.25) is 0 Å². The van der Waals surface area contributed by atoms with Crippen LogP contribution < -0.4 is 14.8 Å². The molecule has 26 heavy (non-hydrogen) atoms. The maximum absolute atomic E-state index is 12.6. The summed E-state index contributed by atoms with van der Waals surface area (Å²) < 4.78 is 15.1. The Morgan fingerprint density at radius 2 is 1.96 bits per heavy atom. The second-order valence-electron chi connectivity index (χ2n) is 5.29. The van der Waals surface area contributed by atoms with Crippen LogP contribution in [0, 0.1) is 11.3 Å². The Morgan fingerprint density at radius 1 is 1.31 bits per heavy atom. The van der Waals surface area contributed by atoms with Crippen molar-refractivity contribution in [2.24, 2.45) is 0 Å². The average Bonchev–Trinajstić information content (AvgIpc) is 2.97. The van der Waals surface area contributed by atoms with E-state index < -0.39 is 11.9 Å². The van der Waals surface area contributed by atoms with Gasteiger partial charge in [0.05, 0.1) is 51.3 Å². The van der Waals surface area contributed by atoms with Gasteiger partial charge in [0.15, 0.2) is 11.5 Å². The maximum Gasteiger partial charge on any atom is 0.337 e. The number of methoxy groups -OCH3 is 3. The summed E-state index contributed by atoms with van der Waals surface area (Å²) in [5.74, 6) is -0.429. The van der Waals surface area contributed by atoms with Crippen molar-refractivity contribution in [2.75, 3.05) is 46.3 Å². The summed E-state index contributed by atoms with van der Waals surface area (Å²) in [6.45, 7) is -0.168. The molecular weight excluding hydrogens is 342 g/mol. The second-order valence-corrected chi connectivity index (χ2v) is 5.29. The molecule has 1 aromatic rings. The molecule has 1 aliphatic heterocycles. The van der Waals surface area contributed by atoms with E-state index in [-0.39, 0.29) is 42.2 Å². The topological polar surface area (TPSA) is 121 Å². The van der Waals surface area contributed by atoms with Crippen molar-refractivity contribution in [3.05, 3.63) is 29.0 Å². The number of aliphatic hydroxyl groups is 1. The lowest BCUT2D eigenvalue weighted by Crippen LogP contribution is -2.31. The van der Waals surface area contributed by atoms with Gasteiger partial charge in [-0.15, -0.1) is 0 Å². The molecule has 1 amide bonds. The Morgan fingerprint density at radius 3 is 2.50 bits per heavy atom. The molecule has 0 saturated carbocycles. The minimum Gasteiger partial charge on any atom is -0.493 e. The maximum atomic E-state index is 12.6. The molecule has 9 nitrogen and oxygen atoms in total. The Kier molecular flexibility index (Phi) is 6.03. The van der Waals surface area contributed by atoms with E-state index in [0.717, 1.165) is 0 Å². The number of carbonyl (C=O) groups is 2. The molecule has 0 aliphatic carbocycles. The van der Waals surface area contributed by atoms with Crippen LogP contribution in [-0.4, -0.2) is 62.9 Å². The standard InChI is InChI=1S/C17H19N3O6/c1-24-13-6-10(8-18)12(7-14(13)25-2)19-15-11(17(23)26-3)9-20(4-5-21)16(15)22/h6-7,19,21H,4-5,9H2,1-3H3.